The molecule has 2 amide bonds. The third kappa shape index (κ3) is 4.91. The van der Waals surface area contributed by atoms with E-state index in [9.17, 15) is 19.5 Å². The van der Waals surface area contributed by atoms with Crippen LogP contribution in [0.15, 0.2) is 18.2 Å². The lowest BCUT2D eigenvalue weighted by Crippen LogP contribution is -2.48. The molecule has 2 rings (SSSR count). The fourth-order valence-electron chi connectivity index (χ4n) is 3.94. The molecule has 1 aliphatic rings. The molecular weight excluding hydrogens is 356 g/mol. The molecule has 1 aromatic rings. The van der Waals surface area contributed by atoms with Crippen LogP contribution in [0.5, 0.6) is 0 Å². The lowest BCUT2D eigenvalue weighted by atomic mass is 9.82. The highest BCUT2D eigenvalue weighted by Crippen LogP contribution is 2.26. The number of carbonyl (C=O) groups excluding carboxylic acids is 2. The Morgan fingerprint density at radius 1 is 1.14 bits per heavy atom. The molecule has 0 bridgehead atoms. The zero-order valence-electron chi connectivity index (χ0n) is 17.4. The van der Waals surface area contributed by atoms with Gasteiger partial charge in [-0.3, -0.25) is 14.4 Å². The van der Waals surface area contributed by atoms with E-state index in [0.717, 1.165) is 17.5 Å². The van der Waals surface area contributed by atoms with Crippen molar-refractivity contribution in [1.82, 2.24) is 10.2 Å². The Balaban J connectivity index is 2.03. The smallest absolute Gasteiger partial charge is 0.311 e. The summed E-state index contributed by atoms with van der Waals surface area (Å²) in [5.41, 5.74) is 1.80. The molecule has 6 nitrogen and oxygen atoms in total. The van der Waals surface area contributed by atoms with Crippen LogP contribution in [0, 0.1) is 25.2 Å². The molecule has 0 radical (unpaired) electrons. The van der Waals surface area contributed by atoms with Crippen LogP contribution in [0.1, 0.15) is 61.0 Å². The minimum absolute atomic E-state index is 0.0497. The van der Waals surface area contributed by atoms with Crippen LogP contribution in [0.3, 0.4) is 0 Å². The lowest BCUT2D eigenvalue weighted by molar-refractivity contribution is -0.149. The van der Waals surface area contributed by atoms with E-state index in [4.69, 9.17) is 0 Å². The van der Waals surface area contributed by atoms with Crippen molar-refractivity contribution in [3.05, 3.63) is 34.9 Å². The van der Waals surface area contributed by atoms with Gasteiger partial charge in [-0.2, -0.15) is 0 Å². The fraction of sp³-hybridized carbons (Fsp3) is 0.591. The van der Waals surface area contributed by atoms with Gasteiger partial charge in [-0.05, 0) is 51.7 Å². The normalized spacial score (nSPS) is 17.3. The standard InChI is InChI=1S/C22H32N2O4/c1-5-22(6-2,21(27)28)14-23-19(25)17-8-7-9-24(13-17)20(26)18-11-15(3)10-16(4)12-18/h10-12,17H,5-9,13-14H2,1-4H3,(H,23,25)(H,27,28). The number of hydrogen-bond acceptors (Lipinski definition) is 3. The van der Waals surface area contributed by atoms with Gasteiger partial charge in [-0.25, -0.2) is 0 Å². The Hall–Kier alpha value is -2.37. The van der Waals surface area contributed by atoms with Crippen LogP contribution >= 0.6 is 0 Å². The van der Waals surface area contributed by atoms with E-state index in [0.29, 0.717) is 37.9 Å². The van der Waals surface area contributed by atoms with Crippen LogP contribution in [-0.2, 0) is 9.59 Å². The molecular formula is C22H32N2O4. The number of nitrogens with one attached hydrogen (secondary N) is 1. The van der Waals surface area contributed by atoms with Gasteiger partial charge in [0.05, 0.1) is 11.3 Å². The molecule has 0 saturated carbocycles. The molecule has 0 aromatic heterocycles. The molecule has 1 unspecified atom stereocenters. The Morgan fingerprint density at radius 3 is 2.29 bits per heavy atom. The SMILES string of the molecule is CCC(CC)(CNC(=O)C1CCCN(C(=O)c2cc(C)cc(C)c2)C1)C(=O)O. The fourth-order valence-corrected chi connectivity index (χ4v) is 3.94. The largest absolute Gasteiger partial charge is 0.481 e. The number of likely N-dealkylation sites (tertiary alicyclic amines) is 1. The topological polar surface area (TPSA) is 86.7 Å². The second kappa shape index (κ2) is 9.22. The molecule has 6 heteroatoms. The van der Waals surface area contributed by atoms with Crippen molar-refractivity contribution in [1.29, 1.82) is 0 Å². The molecule has 1 saturated heterocycles. The monoisotopic (exact) mass is 388 g/mol. The summed E-state index contributed by atoms with van der Waals surface area (Å²) in [4.78, 5) is 38.9. The van der Waals surface area contributed by atoms with E-state index in [1.165, 1.54) is 0 Å². The van der Waals surface area contributed by atoms with Gasteiger partial charge in [0.1, 0.15) is 0 Å². The predicted octanol–water partition coefficient (Wildman–Crippen LogP) is 3.16. The van der Waals surface area contributed by atoms with E-state index < -0.39 is 11.4 Å². The third-order valence-corrected chi connectivity index (χ3v) is 5.96. The highest BCUT2D eigenvalue weighted by Gasteiger charge is 2.36. The summed E-state index contributed by atoms with van der Waals surface area (Å²) >= 11 is 0. The lowest BCUT2D eigenvalue weighted by Gasteiger charge is -2.33. The molecule has 1 heterocycles. The second-order valence-electron chi connectivity index (χ2n) is 7.98. The maximum Gasteiger partial charge on any atom is 0.311 e. The van der Waals surface area contributed by atoms with Gasteiger partial charge >= 0.3 is 5.97 Å². The van der Waals surface area contributed by atoms with Crippen molar-refractivity contribution in [3.63, 3.8) is 0 Å². The molecule has 1 aromatic carbocycles. The van der Waals surface area contributed by atoms with Crippen molar-refractivity contribution < 1.29 is 19.5 Å². The minimum atomic E-state index is -0.932. The number of aryl methyl sites for hydroxylation is 2. The van der Waals surface area contributed by atoms with Crippen molar-refractivity contribution in [3.8, 4) is 0 Å². The first-order chi connectivity index (χ1) is 13.2. The first-order valence-corrected chi connectivity index (χ1v) is 10.1. The molecule has 1 fully saturated rings. The molecule has 2 N–H and O–H groups in total. The van der Waals surface area contributed by atoms with Gasteiger partial charge < -0.3 is 15.3 Å². The van der Waals surface area contributed by atoms with Gasteiger partial charge in [0.25, 0.3) is 5.91 Å². The van der Waals surface area contributed by atoms with Crippen molar-refractivity contribution in [2.75, 3.05) is 19.6 Å². The maximum atomic E-state index is 12.9. The Morgan fingerprint density at radius 2 is 1.75 bits per heavy atom. The third-order valence-electron chi connectivity index (χ3n) is 5.96. The summed E-state index contributed by atoms with van der Waals surface area (Å²) < 4.78 is 0. The molecule has 28 heavy (non-hydrogen) atoms. The van der Waals surface area contributed by atoms with Crippen LogP contribution in [-0.4, -0.2) is 47.4 Å². The Bertz CT molecular complexity index is 720. The molecule has 154 valence electrons. The number of amides is 2. The van der Waals surface area contributed by atoms with Gasteiger partial charge in [-0.1, -0.05) is 31.0 Å². The van der Waals surface area contributed by atoms with Gasteiger partial charge in [0.15, 0.2) is 0 Å². The zero-order chi connectivity index (χ0) is 20.9. The summed E-state index contributed by atoms with van der Waals surface area (Å²) in [7, 11) is 0. The van der Waals surface area contributed by atoms with E-state index in [-0.39, 0.29) is 24.3 Å². The van der Waals surface area contributed by atoms with Crippen LogP contribution in [0.2, 0.25) is 0 Å². The highest BCUT2D eigenvalue weighted by atomic mass is 16.4. The molecule has 0 spiro atoms. The van der Waals surface area contributed by atoms with Gasteiger partial charge in [0, 0.05) is 25.2 Å². The summed E-state index contributed by atoms with van der Waals surface area (Å²) in [6.45, 7) is 8.71. The van der Waals surface area contributed by atoms with E-state index in [2.05, 4.69) is 5.32 Å². The average Bonchev–Trinajstić information content (AvgIpc) is 2.67. The van der Waals surface area contributed by atoms with Gasteiger partial charge in [-0.15, -0.1) is 0 Å². The van der Waals surface area contributed by atoms with E-state index in [1.807, 2.05) is 45.9 Å². The van der Waals surface area contributed by atoms with E-state index >= 15 is 0 Å². The number of carboxylic acid groups (broad SMARTS) is 1. The number of hydrogen-bond donors (Lipinski definition) is 2. The van der Waals surface area contributed by atoms with Crippen LogP contribution in [0.4, 0.5) is 0 Å². The second-order valence-corrected chi connectivity index (χ2v) is 7.98. The summed E-state index contributed by atoms with van der Waals surface area (Å²) in [5.74, 6) is -1.39. The first kappa shape index (κ1) is 21.9. The number of carbonyl (C=O) groups is 3. The maximum absolute atomic E-state index is 12.9. The first-order valence-electron chi connectivity index (χ1n) is 10.1. The summed E-state index contributed by atoms with van der Waals surface area (Å²) in [5, 5.41) is 12.4. The molecule has 1 aliphatic heterocycles. The Labute approximate surface area is 167 Å². The molecule has 0 aliphatic carbocycles. The summed E-state index contributed by atoms with van der Waals surface area (Å²) in [6.07, 6.45) is 2.39. The number of aliphatic carboxylic acids is 1. The van der Waals surface area contributed by atoms with Crippen molar-refractivity contribution in [2.45, 2.75) is 53.4 Å². The predicted molar refractivity (Wildman–Crippen MR) is 108 cm³/mol. The van der Waals surface area contributed by atoms with Crippen molar-refractivity contribution >= 4 is 17.8 Å². The van der Waals surface area contributed by atoms with E-state index in [1.54, 1.807) is 4.90 Å². The molecule has 1 atom stereocenters. The van der Waals surface area contributed by atoms with Gasteiger partial charge in [0.2, 0.25) is 5.91 Å². The quantitative estimate of drug-likeness (QED) is 0.751. The average molecular weight is 389 g/mol. The number of benzene rings is 1. The number of piperidine rings is 1. The number of nitrogens with zero attached hydrogens (tertiary/aromatic N) is 1. The van der Waals surface area contributed by atoms with Crippen LogP contribution < -0.4 is 5.32 Å². The summed E-state index contributed by atoms with van der Waals surface area (Å²) in [6, 6.07) is 5.78. The van der Waals surface area contributed by atoms with Crippen molar-refractivity contribution in [2.24, 2.45) is 11.3 Å². The number of rotatable bonds is 7. The van der Waals surface area contributed by atoms with Crippen LogP contribution in [0.25, 0.3) is 0 Å². The zero-order valence-corrected chi connectivity index (χ0v) is 17.4. The number of carboxylic acids is 1. The minimum Gasteiger partial charge on any atom is -0.481 e. The highest BCUT2D eigenvalue weighted by molar-refractivity contribution is 5.95. The Kier molecular flexibility index (Phi) is 7.22.